The van der Waals surface area contributed by atoms with Gasteiger partial charge in [0.2, 0.25) is 0 Å². The zero-order valence-electron chi connectivity index (χ0n) is 16.5. The first-order valence-electron chi connectivity index (χ1n) is 8.23. The van der Waals surface area contributed by atoms with Gasteiger partial charge in [-0.15, -0.1) is 0 Å². The van der Waals surface area contributed by atoms with Crippen molar-refractivity contribution in [2.24, 2.45) is 0 Å². The molecule has 4 nitrogen and oxygen atoms in total. The normalized spacial score (nSPS) is 13.8. The van der Waals surface area contributed by atoms with Crippen molar-refractivity contribution < 1.29 is 57.6 Å². The van der Waals surface area contributed by atoms with Crippen LogP contribution in [0.2, 0.25) is 0 Å². The number of phenolic OH excluding ortho intramolecular Hbond substituents is 1. The molecule has 1 N–H and O–H groups in total. The standard InChI is InChI=1S/C12H18OS.C4HF9O3S/c1-5-14(6-2)11-7-9(3)12(13)10(4)8-11;5-1(6,3(9,10)11)2(7,8)4(12,13)17(14,15)16/h7-8H,5-6H2,1-4H3;(H,14,15,16). The number of aromatic hydroxyl groups is 1. The third-order valence-electron chi connectivity index (χ3n) is 3.92. The molecule has 15 heteroatoms. The maximum atomic E-state index is 12.2. The lowest BCUT2D eigenvalue weighted by Crippen LogP contribution is -2.63. The number of alkyl halides is 9. The van der Waals surface area contributed by atoms with Crippen LogP contribution in [0.15, 0.2) is 17.0 Å². The minimum Gasteiger partial charge on any atom is -0.743 e. The molecule has 0 saturated carbocycles. The molecule has 0 radical (unpaired) electrons. The second-order valence-corrected chi connectivity index (χ2v) is 10.1. The van der Waals surface area contributed by atoms with Crippen LogP contribution in [0, 0.1) is 13.8 Å². The van der Waals surface area contributed by atoms with E-state index in [-0.39, 0.29) is 0 Å². The average molecular weight is 510 g/mol. The summed E-state index contributed by atoms with van der Waals surface area (Å²) < 4.78 is 135. The van der Waals surface area contributed by atoms with Gasteiger partial charge in [-0.2, -0.15) is 39.5 Å². The van der Waals surface area contributed by atoms with Crippen LogP contribution >= 0.6 is 0 Å². The van der Waals surface area contributed by atoms with Crippen LogP contribution in [-0.4, -0.2) is 52.9 Å². The lowest BCUT2D eigenvalue weighted by Gasteiger charge is -2.34. The van der Waals surface area contributed by atoms with E-state index in [1.165, 1.54) is 16.4 Å². The van der Waals surface area contributed by atoms with Gasteiger partial charge in [0.15, 0.2) is 15.0 Å². The monoisotopic (exact) mass is 510 g/mol. The largest absolute Gasteiger partial charge is 0.743 e. The first-order valence-corrected chi connectivity index (χ1v) is 11.2. The van der Waals surface area contributed by atoms with Crippen LogP contribution in [0.3, 0.4) is 0 Å². The second-order valence-electron chi connectivity index (χ2n) is 6.09. The molecule has 1 aromatic rings. The lowest BCUT2D eigenvalue weighted by atomic mass is 10.1. The topological polar surface area (TPSA) is 77.4 Å². The highest BCUT2D eigenvalue weighted by molar-refractivity contribution is 7.96. The summed E-state index contributed by atoms with van der Waals surface area (Å²) in [4.78, 5) is 1.39. The van der Waals surface area contributed by atoms with Crippen LogP contribution in [0.1, 0.15) is 25.0 Å². The zero-order valence-corrected chi connectivity index (χ0v) is 18.1. The summed E-state index contributed by atoms with van der Waals surface area (Å²) >= 11 is 0. The fourth-order valence-corrected chi connectivity index (χ4v) is 4.34. The molecule has 0 atom stereocenters. The molecule has 0 unspecified atom stereocenters. The van der Waals surface area contributed by atoms with Crippen molar-refractivity contribution >= 4 is 21.0 Å². The maximum absolute atomic E-state index is 12.2. The van der Waals surface area contributed by atoms with Gasteiger partial charge in [0.25, 0.3) is 0 Å². The van der Waals surface area contributed by atoms with E-state index >= 15 is 0 Å². The first-order chi connectivity index (χ1) is 13.6. The molecule has 1 aromatic carbocycles. The Morgan fingerprint density at radius 3 is 1.48 bits per heavy atom. The highest BCUT2D eigenvalue weighted by Crippen LogP contribution is 2.54. The minimum atomic E-state index is -7.43. The number of phenols is 1. The van der Waals surface area contributed by atoms with Crippen molar-refractivity contribution in [3.05, 3.63) is 23.3 Å². The number of hydrogen-bond acceptors (Lipinski definition) is 4. The van der Waals surface area contributed by atoms with Crippen molar-refractivity contribution in [2.75, 3.05) is 11.5 Å². The third-order valence-corrected chi connectivity index (χ3v) is 7.11. The quantitative estimate of drug-likeness (QED) is 0.333. The highest BCUT2D eigenvalue weighted by Gasteiger charge is 2.83. The van der Waals surface area contributed by atoms with Crippen molar-refractivity contribution in [1.29, 1.82) is 0 Å². The van der Waals surface area contributed by atoms with Crippen molar-refractivity contribution in [3.8, 4) is 5.75 Å². The smallest absolute Gasteiger partial charge is 0.460 e. The molecule has 0 spiro atoms. The number of aryl methyl sites for hydroxylation is 2. The van der Waals surface area contributed by atoms with Gasteiger partial charge in [-0.25, -0.2) is 8.42 Å². The predicted molar refractivity (Wildman–Crippen MR) is 94.9 cm³/mol. The van der Waals surface area contributed by atoms with Gasteiger partial charge in [0.05, 0.1) is 0 Å². The Morgan fingerprint density at radius 2 is 1.23 bits per heavy atom. The van der Waals surface area contributed by atoms with Crippen LogP contribution in [0.25, 0.3) is 0 Å². The Morgan fingerprint density at radius 1 is 0.871 bits per heavy atom. The van der Waals surface area contributed by atoms with E-state index in [1.54, 1.807) is 0 Å². The predicted octanol–water partition coefficient (Wildman–Crippen LogP) is 4.98. The van der Waals surface area contributed by atoms with Gasteiger partial charge in [-0.1, -0.05) is 0 Å². The van der Waals surface area contributed by atoms with E-state index in [0.29, 0.717) is 16.6 Å². The van der Waals surface area contributed by atoms with E-state index in [0.717, 1.165) is 11.1 Å². The molecule has 0 aromatic heterocycles. The summed E-state index contributed by atoms with van der Waals surface area (Å²) in [5, 5.41) is 2.55. The molecule has 0 bridgehead atoms. The number of hydrogen-bond donors (Lipinski definition) is 1. The molecule has 0 saturated heterocycles. The molecule has 182 valence electrons. The van der Waals surface area contributed by atoms with E-state index in [9.17, 15) is 57.6 Å². The molecule has 31 heavy (non-hydrogen) atoms. The van der Waals surface area contributed by atoms with Crippen LogP contribution in [-0.2, 0) is 21.0 Å². The van der Waals surface area contributed by atoms with E-state index in [1.807, 2.05) is 13.8 Å². The fraction of sp³-hybridized carbons (Fsp3) is 0.625. The molecule has 0 aliphatic carbocycles. The number of rotatable bonds is 6. The van der Waals surface area contributed by atoms with Crippen molar-refractivity contribution in [2.45, 2.75) is 55.9 Å². The minimum absolute atomic E-state index is 0.358. The number of benzene rings is 1. The van der Waals surface area contributed by atoms with Gasteiger partial charge in [0, 0.05) is 10.9 Å². The summed E-state index contributed by atoms with van der Waals surface area (Å²) in [7, 11) is -7.06. The Hall–Kier alpha value is -1.35. The summed E-state index contributed by atoms with van der Waals surface area (Å²) in [6.45, 7) is 8.39. The maximum Gasteiger partial charge on any atom is 0.460 e. The van der Waals surface area contributed by atoms with Crippen LogP contribution in [0.5, 0.6) is 5.75 Å². The third kappa shape index (κ3) is 5.92. The van der Waals surface area contributed by atoms with Crippen LogP contribution in [0.4, 0.5) is 39.5 Å². The zero-order chi connectivity index (χ0) is 25.2. The summed E-state index contributed by atoms with van der Waals surface area (Å²) in [5.41, 5.74) is 2.00. The molecular formula is C16H19F9O4S2. The highest BCUT2D eigenvalue weighted by atomic mass is 32.2. The molecule has 0 heterocycles. The Balaban J connectivity index is 0.000000590. The first kappa shape index (κ1) is 29.7. The Bertz CT molecular complexity index is 841. The molecule has 0 aliphatic rings. The SMILES string of the molecule is CC[S+](CC)c1cc(C)c(O)c(C)c1.O=S(=O)([O-])C(F)(F)C(F)(F)C(F)(F)C(F)(F)F. The summed E-state index contributed by atoms with van der Waals surface area (Å²) in [6.07, 6.45) is -7.16. The summed E-state index contributed by atoms with van der Waals surface area (Å²) in [5.74, 6) is -12.0. The van der Waals surface area contributed by atoms with Gasteiger partial charge >= 0.3 is 23.3 Å². The Labute approximate surface area is 175 Å². The van der Waals surface area contributed by atoms with E-state index in [4.69, 9.17) is 0 Å². The summed E-state index contributed by atoms with van der Waals surface area (Å²) in [6, 6.07) is 4.25. The van der Waals surface area contributed by atoms with Gasteiger partial charge in [-0.3, -0.25) is 0 Å². The molecule has 0 fully saturated rings. The van der Waals surface area contributed by atoms with Crippen molar-refractivity contribution in [3.63, 3.8) is 0 Å². The number of halogens is 9. The average Bonchev–Trinajstić information content (AvgIpc) is 2.59. The van der Waals surface area contributed by atoms with Gasteiger partial charge in [0.1, 0.15) is 17.3 Å². The molecular weight excluding hydrogens is 491 g/mol. The fourth-order valence-electron chi connectivity index (χ4n) is 2.14. The van der Waals surface area contributed by atoms with Gasteiger partial charge < -0.3 is 9.66 Å². The molecule has 0 amide bonds. The second kappa shape index (κ2) is 9.65. The van der Waals surface area contributed by atoms with E-state index < -0.39 is 33.4 Å². The van der Waals surface area contributed by atoms with E-state index in [2.05, 4.69) is 26.0 Å². The molecule has 0 aliphatic heterocycles. The van der Waals surface area contributed by atoms with Crippen molar-refractivity contribution in [1.82, 2.24) is 0 Å². The molecule has 1 rings (SSSR count). The van der Waals surface area contributed by atoms with Gasteiger partial charge in [-0.05, 0) is 51.0 Å². The van der Waals surface area contributed by atoms with Crippen LogP contribution < -0.4 is 0 Å². The Kier molecular flexibility index (Phi) is 9.23. The lowest BCUT2D eigenvalue weighted by molar-refractivity contribution is -0.382.